The number of carbonyl (C=O) groups is 3. The highest BCUT2D eigenvalue weighted by molar-refractivity contribution is 7.89. The average Bonchev–Trinajstić information content (AvgIpc) is 2.87. The molecule has 1 N–H and O–H groups in total. The molecule has 0 aromatic heterocycles. The number of aryl methyl sites for hydroxylation is 4. The van der Waals surface area contributed by atoms with Crippen molar-refractivity contribution in [2.24, 2.45) is 0 Å². The molecule has 0 fully saturated rings. The lowest BCUT2D eigenvalue weighted by Gasteiger charge is -2.24. The van der Waals surface area contributed by atoms with Crippen LogP contribution in [0.25, 0.3) is 0 Å². The second-order valence-corrected chi connectivity index (χ2v) is 11.2. The Balaban J connectivity index is 1.99. The van der Waals surface area contributed by atoms with Gasteiger partial charge in [-0.2, -0.15) is 4.31 Å². The molecule has 1 amide bonds. The van der Waals surface area contributed by atoms with Gasteiger partial charge in [-0.25, -0.2) is 18.0 Å². The quantitative estimate of drug-likeness (QED) is 0.393. The smallest absolute Gasteiger partial charge is 0.337 e. The molecule has 0 radical (unpaired) electrons. The molecule has 3 aromatic rings. The second kappa shape index (κ2) is 12.2. The summed E-state index contributed by atoms with van der Waals surface area (Å²) in [5, 5.41) is 2.61. The van der Waals surface area contributed by atoms with Crippen LogP contribution in [0.1, 0.15) is 48.5 Å². The molecular formula is C29H32N2O7S. The van der Waals surface area contributed by atoms with E-state index in [1.807, 2.05) is 38.1 Å². The number of anilines is 1. The van der Waals surface area contributed by atoms with Gasteiger partial charge >= 0.3 is 11.9 Å². The number of nitrogens with one attached hydrogen (secondary N) is 1. The lowest BCUT2D eigenvalue weighted by Crippen LogP contribution is -2.38. The Labute approximate surface area is 228 Å². The van der Waals surface area contributed by atoms with Crippen molar-refractivity contribution in [1.29, 1.82) is 0 Å². The van der Waals surface area contributed by atoms with Crippen molar-refractivity contribution in [3.05, 3.63) is 93.5 Å². The molecule has 9 nitrogen and oxygen atoms in total. The molecule has 3 rings (SSSR count). The first kappa shape index (κ1) is 29.5. The summed E-state index contributed by atoms with van der Waals surface area (Å²) in [5.74, 6) is -2.10. The number of amides is 1. The number of methoxy groups -OCH3 is 2. The van der Waals surface area contributed by atoms with Crippen molar-refractivity contribution in [3.63, 3.8) is 0 Å². The molecule has 0 saturated carbocycles. The fourth-order valence-electron chi connectivity index (χ4n) is 4.36. The summed E-state index contributed by atoms with van der Waals surface area (Å²) in [6.45, 7) is 6.71. The predicted octanol–water partition coefficient (Wildman–Crippen LogP) is 4.32. The normalized spacial score (nSPS) is 11.3. The highest BCUT2D eigenvalue weighted by atomic mass is 32.2. The number of hydrogen-bond acceptors (Lipinski definition) is 7. The van der Waals surface area contributed by atoms with Crippen molar-refractivity contribution in [3.8, 4) is 0 Å². The SMILES string of the molecule is COC(=O)c1cc(NC(=O)CN(Cc2ccc(C)cc2)S(=O)(=O)c2c(C)cc(C)cc2C)cc(C(=O)OC)c1. The average molecular weight is 553 g/mol. The molecule has 10 heteroatoms. The lowest BCUT2D eigenvalue weighted by molar-refractivity contribution is -0.116. The van der Waals surface area contributed by atoms with Crippen LogP contribution in [0, 0.1) is 27.7 Å². The summed E-state index contributed by atoms with van der Waals surface area (Å²) < 4.78 is 38.5. The van der Waals surface area contributed by atoms with Crippen molar-refractivity contribution >= 4 is 33.6 Å². The minimum absolute atomic E-state index is 0.0192. The minimum atomic E-state index is -4.10. The van der Waals surface area contributed by atoms with Crippen LogP contribution in [0.4, 0.5) is 5.69 Å². The number of ether oxygens (including phenoxy) is 2. The van der Waals surface area contributed by atoms with Crippen LogP contribution < -0.4 is 5.32 Å². The summed E-state index contributed by atoms with van der Waals surface area (Å²) in [7, 11) is -1.72. The van der Waals surface area contributed by atoms with Crippen molar-refractivity contribution in [2.75, 3.05) is 26.1 Å². The van der Waals surface area contributed by atoms with Gasteiger partial charge in [0.2, 0.25) is 15.9 Å². The second-order valence-electron chi connectivity index (χ2n) is 9.32. The molecule has 3 aromatic carbocycles. The number of nitrogens with zero attached hydrogens (tertiary/aromatic N) is 1. The maximum atomic E-state index is 13.9. The number of hydrogen-bond donors (Lipinski definition) is 1. The van der Waals surface area contributed by atoms with Crippen molar-refractivity contribution < 1.29 is 32.3 Å². The highest BCUT2D eigenvalue weighted by Crippen LogP contribution is 2.27. The predicted molar refractivity (Wildman–Crippen MR) is 147 cm³/mol. The third-order valence-corrected chi connectivity index (χ3v) is 8.16. The van der Waals surface area contributed by atoms with Crippen LogP contribution in [-0.4, -0.2) is 51.3 Å². The summed E-state index contributed by atoms with van der Waals surface area (Å²) in [4.78, 5) is 37.6. The van der Waals surface area contributed by atoms with E-state index >= 15 is 0 Å². The van der Waals surface area contributed by atoms with Gasteiger partial charge in [0.1, 0.15) is 0 Å². The third kappa shape index (κ3) is 7.10. The van der Waals surface area contributed by atoms with Crippen LogP contribution >= 0.6 is 0 Å². The molecule has 206 valence electrons. The van der Waals surface area contributed by atoms with Gasteiger partial charge in [-0.15, -0.1) is 0 Å². The van der Waals surface area contributed by atoms with Gasteiger partial charge < -0.3 is 14.8 Å². The first-order valence-electron chi connectivity index (χ1n) is 12.1. The van der Waals surface area contributed by atoms with E-state index in [4.69, 9.17) is 9.47 Å². The Hall–Kier alpha value is -4.02. The van der Waals surface area contributed by atoms with E-state index < -0.39 is 34.4 Å². The number of rotatable bonds is 9. The van der Waals surface area contributed by atoms with Crippen LogP contribution in [0.3, 0.4) is 0 Å². The van der Waals surface area contributed by atoms with Gasteiger partial charge in [-0.05, 0) is 62.6 Å². The van der Waals surface area contributed by atoms with Gasteiger partial charge in [0.25, 0.3) is 0 Å². The Bertz CT molecular complexity index is 1460. The largest absolute Gasteiger partial charge is 0.465 e. The van der Waals surface area contributed by atoms with Crippen molar-refractivity contribution in [2.45, 2.75) is 39.1 Å². The molecule has 0 unspecified atom stereocenters. The Kier molecular flexibility index (Phi) is 9.26. The van der Waals surface area contributed by atoms with Gasteiger partial charge in [-0.3, -0.25) is 4.79 Å². The topological polar surface area (TPSA) is 119 Å². The summed E-state index contributed by atoms with van der Waals surface area (Å²) in [6.07, 6.45) is 0. The zero-order valence-electron chi connectivity index (χ0n) is 22.8. The van der Waals surface area contributed by atoms with Crippen LogP contribution in [-0.2, 0) is 30.8 Å². The van der Waals surface area contributed by atoms with E-state index in [0.717, 1.165) is 15.4 Å². The zero-order chi connectivity index (χ0) is 28.9. The van der Waals surface area contributed by atoms with E-state index in [2.05, 4.69) is 5.32 Å². The molecule has 0 bridgehead atoms. The first-order chi connectivity index (χ1) is 18.3. The molecule has 0 aliphatic heterocycles. The first-order valence-corrected chi connectivity index (χ1v) is 13.5. The van der Waals surface area contributed by atoms with E-state index in [0.29, 0.717) is 16.7 Å². The number of benzene rings is 3. The van der Waals surface area contributed by atoms with E-state index in [1.54, 1.807) is 26.0 Å². The van der Waals surface area contributed by atoms with Crippen LogP contribution in [0.2, 0.25) is 0 Å². The summed E-state index contributed by atoms with van der Waals surface area (Å²) in [5.41, 5.74) is 3.96. The molecule has 0 heterocycles. The molecule has 39 heavy (non-hydrogen) atoms. The Morgan fingerprint density at radius 3 is 1.77 bits per heavy atom. The van der Waals surface area contributed by atoms with Crippen LogP contribution in [0.15, 0.2) is 59.5 Å². The van der Waals surface area contributed by atoms with E-state index in [1.165, 1.54) is 32.4 Å². The van der Waals surface area contributed by atoms with Crippen LogP contribution in [0.5, 0.6) is 0 Å². The van der Waals surface area contributed by atoms with Gasteiger partial charge in [0.05, 0.1) is 36.8 Å². The van der Waals surface area contributed by atoms with Gasteiger partial charge in [0.15, 0.2) is 0 Å². The fraction of sp³-hybridized carbons (Fsp3) is 0.276. The summed E-state index contributed by atoms with van der Waals surface area (Å²) >= 11 is 0. The molecular weight excluding hydrogens is 520 g/mol. The van der Waals surface area contributed by atoms with Gasteiger partial charge in [-0.1, -0.05) is 47.5 Å². The third-order valence-electron chi connectivity index (χ3n) is 6.06. The maximum Gasteiger partial charge on any atom is 0.337 e. The standard InChI is InChI=1S/C29H32N2O7S/c1-18-7-9-22(10-8-18)16-31(39(35,36)27-20(3)11-19(2)12-21(27)4)17-26(32)30-25-14-23(28(33)37-5)13-24(15-25)29(34)38-6/h7-15H,16-17H2,1-6H3,(H,30,32). The summed E-state index contributed by atoms with van der Waals surface area (Å²) in [6, 6.07) is 14.9. The zero-order valence-corrected chi connectivity index (χ0v) is 23.6. The number of carbonyl (C=O) groups excluding carboxylic acids is 3. The monoisotopic (exact) mass is 552 g/mol. The number of esters is 2. The Morgan fingerprint density at radius 1 is 0.769 bits per heavy atom. The lowest BCUT2D eigenvalue weighted by atomic mass is 10.1. The molecule has 0 aliphatic rings. The van der Waals surface area contributed by atoms with E-state index in [-0.39, 0.29) is 28.3 Å². The fourth-order valence-corrected chi connectivity index (χ4v) is 6.15. The molecule has 0 aliphatic carbocycles. The minimum Gasteiger partial charge on any atom is -0.465 e. The molecule has 0 atom stereocenters. The Morgan fingerprint density at radius 2 is 1.28 bits per heavy atom. The number of sulfonamides is 1. The van der Waals surface area contributed by atoms with Crippen molar-refractivity contribution in [1.82, 2.24) is 4.31 Å². The maximum absolute atomic E-state index is 13.9. The van der Waals surface area contributed by atoms with Gasteiger partial charge in [0, 0.05) is 12.2 Å². The highest BCUT2D eigenvalue weighted by Gasteiger charge is 2.30. The molecule has 0 spiro atoms. The van der Waals surface area contributed by atoms with E-state index in [9.17, 15) is 22.8 Å². The molecule has 0 saturated heterocycles.